The van der Waals surface area contributed by atoms with Gasteiger partial charge in [0.05, 0.1) is 0 Å². The Labute approximate surface area is 141 Å². The molecular formula is C16H26O8. The summed E-state index contributed by atoms with van der Waals surface area (Å²) in [6, 6.07) is 0. The summed E-state index contributed by atoms with van der Waals surface area (Å²) in [5.41, 5.74) is -5.40. The second kappa shape index (κ2) is 9.48. The van der Waals surface area contributed by atoms with Crippen molar-refractivity contribution in [2.75, 3.05) is 0 Å². The highest BCUT2D eigenvalue weighted by molar-refractivity contribution is 5.99. The van der Waals surface area contributed by atoms with Crippen LogP contribution in [0.4, 0.5) is 0 Å². The van der Waals surface area contributed by atoms with Crippen LogP contribution in [0.2, 0.25) is 0 Å². The number of carbonyl (C=O) groups is 4. The molecule has 8 heteroatoms. The molecule has 0 aliphatic heterocycles. The predicted octanol–water partition coefficient (Wildman–Crippen LogP) is 1.01. The quantitative estimate of drug-likeness (QED) is 0.468. The van der Waals surface area contributed by atoms with E-state index in [0.717, 1.165) is 13.8 Å². The SMILES string of the molecule is CCCCC(O)(C(=O)OC(C)=O)C(O)(CCCC)C(=O)OC(C)=O. The summed E-state index contributed by atoms with van der Waals surface area (Å²) in [7, 11) is 0. The fraction of sp³-hybridized carbons (Fsp3) is 0.750. The molecule has 2 N–H and O–H groups in total. The third-order valence-corrected chi connectivity index (χ3v) is 3.62. The van der Waals surface area contributed by atoms with Gasteiger partial charge < -0.3 is 19.7 Å². The molecule has 0 aromatic heterocycles. The Bertz CT molecular complexity index is 442. The Morgan fingerprint density at radius 1 is 0.750 bits per heavy atom. The fourth-order valence-corrected chi connectivity index (χ4v) is 2.25. The zero-order valence-electron chi connectivity index (χ0n) is 14.6. The summed E-state index contributed by atoms with van der Waals surface area (Å²) in [6.45, 7) is 5.46. The molecule has 0 amide bonds. The number of hydrogen-bond donors (Lipinski definition) is 2. The van der Waals surface area contributed by atoms with Gasteiger partial charge in [-0.15, -0.1) is 0 Å². The molecule has 0 heterocycles. The van der Waals surface area contributed by atoms with Gasteiger partial charge in [-0.2, -0.15) is 0 Å². The number of aliphatic hydroxyl groups is 2. The van der Waals surface area contributed by atoms with E-state index >= 15 is 0 Å². The third-order valence-electron chi connectivity index (χ3n) is 3.62. The van der Waals surface area contributed by atoms with Gasteiger partial charge in [0.25, 0.3) is 0 Å². The van der Waals surface area contributed by atoms with Crippen LogP contribution in [0, 0.1) is 0 Å². The first-order chi connectivity index (χ1) is 11.0. The molecule has 2 unspecified atom stereocenters. The van der Waals surface area contributed by atoms with Crippen LogP contribution in [0.1, 0.15) is 66.2 Å². The lowest BCUT2D eigenvalue weighted by Gasteiger charge is -2.39. The predicted molar refractivity (Wildman–Crippen MR) is 82.5 cm³/mol. The first-order valence-electron chi connectivity index (χ1n) is 7.95. The van der Waals surface area contributed by atoms with E-state index in [9.17, 15) is 29.4 Å². The van der Waals surface area contributed by atoms with Crippen molar-refractivity contribution >= 4 is 23.9 Å². The molecular weight excluding hydrogens is 320 g/mol. The summed E-state index contributed by atoms with van der Waals surface area (Å²) >= 11 is 0. The van der Waals surface area contributed by atoms with Crippen molar-refractivity contribution in [3.63, 3.8) is 0 Å². The zero-order valence-corrected chi connectivity index (χ0v) is 14.6. The van der Waals surface area contributed by atoms with Gasteiger partial charge in [-0.25, -0.2) is 9.59 Å². The average Bonchev–Trinajstić information content (AvgIpc) is 2.48. The molecule has 0 aliphatic rings. The lowest BCUT2D eigenvalue weighted by Crippen LogP contribution is -2.65. The van der Waals surface area contributed by atoms with Crippen molar-refractivity contribution in [2.45, 2.75) is 77.4 Å². The summed E-state index contributed by atoms with van der Waals surface area (Å²) in [6.07, 6.45) is 0.963. The molecule has 0 aromatic rings. The smallest absolute Gasteiger partial charge is 0.349 e. The molecule has 0 spiro atoms. The van der Waals surface area contributed by atoms with E-state index in [0.29, 0.717) is 12.8 Å². The Kier molecular flexibility index (Phi) is 8.77. The summed E-state index contributed by atoms with van der Waals surface area (Å²) < 4.78 is 8.83. The zero-order chi connectivity index (χ0) is 19.0. The highest BCUT2D eigenvalue weighted by Crippen LogP contribution is 2.35. The lowest BCUT2D eigenvalue weighted by molar-refractivity contribution is -0.217. The Hall–Kier alpha value is -1.80. The van der Waals surface area contributed by atoms with E-state index in [1.807, 2.05) is 0 Å². The van der Waals surface area contributed by atoms with E-state index in [4.69, 9.17) is 0 Å². The van der Waals surface area contributed by atoms with Crippen LogP contribution in [-0.2, 0) is 28.7 Å². The van der Waals surface area contributed by atoms with Gasteiger partial charge in [-0.05, 0) is 12.8 Å². The van der Waals surface area contributed by atoms with Crippen LogP contribution in [0.5, 0.6) is 0 Å². The first-order valence-corrected chi connectivity index (χ1v) is 7.95. The molecule has 0 fully saturated rings. The molecule has 0 aromatic carbocycles. The topological polar surface area (TPSA) is 127 Å². The normalized spacial score (nSPS) is 15.8. The van der Waals surface area contributed by atoms with Crippen molar-refractivity contribution in [2.24, 2.45) is 0 Å². The third kappa shape index (κ3) is 5.38. The lowest BCUT2D eigenvalue weighted by atomic mass is 9.75. The maximum absolute atomic E-state index is 12.2. The van der Waals surface area contributed by atoms with E-state index < -0.39 is 35.1 Å². The molecule has 0 aliphatic carbocycles. The fourth-order valence-electron chi connectivity index (χ4n) is 2.25. The van der Waals surface area contributed by atoms with Crippen LogP contribution in [-0.4, -0.2) is 45.3 Å². The summed E-state index contributed by atoms with van der Waals surface area (Å²) in [5, 5.41) is 21.6. The van der Waals surface area contributed by atoms with Crippen molar-refractivity contribution in [1.29, 1.82) is 0 Å². The molecule has 0 saturated heterocycles. The average molecular weight is 346 g/mol. The van der Waals surface area contributed by atoms with Crippen LogP contribution in [0.3, 0.4) is 0 Å². The van der Waals surface area contributed by atoms with Gasteiger partial charge in [0.2, 0.25) is 11.2 Å². The molecule has 0 rings (SSSR count). The standard InChI is InChI=1S/C16H26O8/c1-5-7-9-15(21,13(19)23-11(3)17)16(22,10-8-6-2)14(20)24-12(4)18/h21-22H,5-10H2,1-4H3. The minimum atomic E-state index is -2.70. The monoisotopic (exact) mass is 346 g/mol. The minimum absolute atomic E-state index is 0.269. The number of unbranched alkanes of at least 4 members (excludes halogenated alkanes) is 2. The first kappa shape index (κ1) is 22.2. The van der Waals surface area contributed by atoms with E-state index in [1.54, 1.807) is 13.8 Å². The Morgan fingerprint density at radius 2 is 1.04 bits per heavy atom. The van der Waals surface area contributed by atoms with Crippen LogP contribution in [0.15, 0.2) is 0 Å². The largest absolute Gasteiger partial charge is 0.391 e. The summed E-state index contributed by atoms with van der Waals surface area (Å²) in [5.74, 6) is -4.87. The van der Waals surface area contributed by atoms with Gasteiger partial charge in [0.15, 0.2) is 0 Å². The van der Waals surface area contributed by atoms with Gasteiger partial charge in [0, 0.05) is 13.8 Å². The van der Waals surface area contributed by atoms with E-state index in [1.165, 1.54) is 0 Å². The number of carbonyl (C=O) groups excluding carboxylic acids is 4. The number of hydrogen-bond acceptors (Lipinski definition) is 8. The highest BCUT2D eigenvalue weighted by atomic mass is 16.6. The van der Waals surface area contributed by atoms with Crippen LogP contribution >= 0.6 is 0 Å². The van der Waals surface area contributed by atoms with Crippen molar-refractivity contribution in [3.8, 4) is 0 Å². The number of rotatable bonds is 9. The van der Waals surface area contributed by atoms with E-state index in [-0.39, 0.29) is 25.7 Å². The molecule has 0 radical (unpaired) electrons. The maximum Gasteiger partial charge on any atom is 0.349 e. The number of ether oxygens (including phenoxy) is 2. The van der Waals surface area contributed by atoms with Gasteiger partial charge in [-0.3, -0.25) is 9.59 Å². The molecule has 0 bridgehead atoms. The summed E-state index contributed by atoms with van der Waals surface area (Å²) in [4.78, 5) is 46.6. The molecule has 0 saturated carbocycles. The van der Waals surface area contributed by atoms with E-state index in [2.05, 4.69) is 9.47 Å². The molecule has 138 valence electrons. The molecule has 2 atom stereocenters. The molecule has 8 nitrogen and oxygen atoms in total. The van der Waals surface area contributed by atoms with Crippen molar-refractivity contribution in [1.82, 2.24) is 0 Å². The van der Waals surface area contributed by atoms with Crippen LogP contribution in [0.25, 0.3) is 0 Å². The van der Waals surface area contributed by atoms with Gasteiger partial charge in [0.1, 0.15) is 0 Å². The molecule has 24 heavy (non-hydrogen) atoms. The Balaban J connectivity index is 5.94. The van der Waals surface area contributed by atoms with Gasteiger partial charge in [-0.1, -0.05) is 39.5 Å². The van der Waals surface area contributed by atoms with Gasteiger partial charge >= 0.3 is 23.9 Å². The minimum Gasteiger partial charge on any atom is -0.391 e. The van der Waals surface area contributed by atoms with Crippen LogP contribution < -0.4 is 0 Å². The second-order valence-electron chi connectivity index (χ2n) is 5.69. The second-order valence-corrected chi connectivity index (χ2v) is 5.69. The van der Waals surface area contributed by atoms with Crippen molar-refractivity contribution in [3.05, 3.63) is 0 Å². The van der Waals surface area contributed by atoms with Crippen molar-refractivity contribution < 1.29 is 38.9 Å². The number of esters is 4. The highest BCUT2D eigenvalue weighted by Gasteiger charge is 2.61. The maximum atomic E-state index is 12.2. The Morgan fingerprint density at radius 3 is 1.25 bits per heavy atom.